The molecule has 0 spiro atoms. The second-order valence-electron chi connectivity index (χ2n) is 6.06. The molecule has 0 radical (unpaired) electrons. The van der Waals surface area contributed by atoms with E-state index in [0.717, 1.165) is 29.6 Å². The van der Waals surface area contributed by atoms with Crippen LogP contribution < -0.4 is 11.2 Å². The number of aliphatic hydroxyl groups excluding tert-OH is 1. The van der Waals surface area contributed by atoms with E-state index in [9.17, 15) is 9.90 Å². The Morgan fingerprint density at radius 1 is 1.36 bits per heavy atom. The molecule has 1 aromatic carbocycles. The van der Waals surface area contributed by atoms with Gasteiger partial charge in [0.15, 0.2) is 0 Å². The molecule has 0 saturated carbocycles. The third kappa shape index (κ3) is 4.56. The van der Waals surface area contributed by atoms with Gasteiger partial charge in [-0.3, -0.25) is 4.90 Å². The van der Waals surface area contributed by atoms with E-state index in [1.165, 1.54) is 0 Å². The van der Waals surface area contributed by atoms with Crippen LogP contribution in [0.15, 0.2) is 35.6 Å². The number of hydrogen-bond donors (Lipinski definition) is 3. The van der Waals surface area contributed by atoms with E-state index >= 15 is 0 Å². The Labute approximate surface area is 145 Å². The maximum Gasteiger partial charge on any atom is 0.332 e. The molecule has 1 unspecified atom stereocenters. The molecule has 1 aromatic heterocycles. The van der Waals surface area contributed by atoms with Gasteiger partial charge in [-0.05, 0) is 6.07 Å². The van der Waals surface area contributed by atoms with Crippen molar-refractivity contribution in [2.45, 2.75) is 12.6 Å². The molecule has 1 saturated heterocycles. The molecule has 134 valence electrons. The number of hydrazone groups is 1. The van der Waals surface area contributed by atoms with Crippen LogP contribution in [0, 0.1) is 0 Å². The van der Waals surface area contributed by atoms with Crippen LogP contribution in [0.4, 0.5) is 4.79 Å². The van der Waals surface area contributed by atoms with E-state index in [1.54, 1.807) is 6.21 Å². The zero-order valence-corrected chi connectivity index (χ0v) is 14.0. The van der Waals surface area contributed by atoms with Crippen molar-refractivity contribution in [1.29, 1.82) is 0 Å². The summed E-state index contributed by atoms with van der Waals surface area (Å²) in [5, 5.41) is 15.3. The molecular formula is C17H23N5O3. The van der Waals surface area contributed by atoms with Gasteiger partial charge in [-0.25, -0.2) is 10.2 Å². The van der Waals surface area contributed by atoms with E-state index < -0.39 is 12.1 Å². The number of aliphatic hydroxyl groups is 1. The molecule has 1 atom stereocenters. The molecule has 1 aliphatic heterocycles. The summed E-state index contributed by atoms with van der Waals surface area (Å²) in [6.07, 6.45) is 2.99. The molecule has 3 rings (SSSR count). The van der Waals surface area contributed by atoms with Crippen molar-refractivity contribution in [1.82, 2.24) is 14.9 Å². The van der Waals surface area contributed by atoms with E-state index in [1.807, 2.05) is 35.0 Å². The van der Waals surface area contributed by atoms with Crippen molar-refractivity contribution in [2.24, 2.45) is 10.8 Å². The van der Waals surface area contributed by atoms with E-state index in [-0.39, 0.29) is 0 Å². The smallest absolute Gasteiger partial charge is 0.332 e. The lowest BCUT2D eigenvalue weighted by atomic mass is 10.2. The van der Waals surface area contributed by atoms with Crippen LogP contribution in [-0.4, -0.2) is 65.8 Å². The number of amides is 2. The average molecular weight is 345 g/mol. The van der Waals surface area contributed by atoms with Crippen LogP contribution in [0.2, 0.25) is 0 Å². The highest BCUT2D eigenvalue weighted by atomic mass is 16.5. The fourth-order valence-electron chi connectivity index (χ4n) is 3.06. The Hall–Kier alpha value is -2.42. The predicted molar refractivity (Wildman–Crippen MR) is 95.5 cm³/mol. The highest BCUT2D eigenvalue weighted by molar-refractivity contribution is 5.99. The minimum Gasteiger partial charge on any atom is -0.390 e. The SMILES string of the molecule is NC(=O)N/N=C\c1cn(CC(O)CN2CCOCC2)c2ccccc12. The summed E-state index contributed by atoms with van der Waals surface area (Å²) in [5.74, 6) is 0. The lowest BCUT2D eigenvalue weighted by Crippen LogP contribution is -2.41. The summed E-state index contributed by atoms with van der Waals surface area (Å²) in [5.41, 5.74) is 9.06. The second-order valence-corrected chi connectivity index (χ2v) is 6.06. The number of urea groups is 1. The van der Waals surface area contributed by atoms with Gasteiger partial charge in [0.25, 0.3) is 0 Å². The fourth-order valence-corrected chi connectivity index (χ4v) is 3.06. The first kappa shape index (κ1) is 17.4. The number of nitrogens with zero attached hydrogens (tertiary/aromatic N) is 3. The zero-order chi connectivity index (χ0) is 17.6. The van der Waals surface area contributed by atoms with Gasteiger partial charge in [-0.2, -0.15) is 5.10 Å². The third-order valence-corrected chi connectivity index (χ3v) is 4.18. The Morgan fingerprint density at radius 3 is 2.88 bits per heavy atom. The molecule has 2 heterocycles. The molecule has 8 nitrogen and oxygen atoms in total. The first-order valence-corrected chi connectivity index (χ1v) is 8.28. The number of fused-ring (bicyclic) bond motifs is 1. The van der Waals surface area contributed by atoms with Crippen molar-refractivity contribution >= 4 is 23.1 Å². The minimum absolute atomic E-state index is 0.481. The normalized spacial score (nSPS) is 17.2. The monoisotopic (exact) mass is 345 g/mol. The van der Waals surface area contributed by atoms with Crippen molar-refractivity contribution in [3.8, 4) is 0 Å². The number of rotatable bonds is 6. The van der Waals surface area contributed by atoms with E-state index in [2.05, 4.69) is 15.4 Å². The van der Waals surface area contributed by atoms with Gasteiger partial charge in [0.05, 0.1) is 25.5 Å². The van der Waals surface area contributed by atoms with Gasteiger partial charge in [0, 0.05) is 48.8 Å². The highest BCUT2D eigenvalue weighted by Crippen LogP contribution is 2.20. The predicted octanol–water partition coefficient (Wildman–Crippen LogP) is 0.337. The zero-order valence-electron chi connectivity index (χ0n) is 14.0. The van der Waals surface area contributed by atoms with Gasteiger partial charge >= 0.3 is 6.03 Å². The number of carbonyl (C=O) groups excluding carboxylic acids is 1. The molecule has 0 aliphatic carbocycles. The van der Waals surface area contributed by atoms with Crippen LogP contribution in [0.5, 0.6) is 0 Å². The molecule has 0 bridgehead atoms. The summed E-state index contributed by atoms with van der Waals surface area (Å²) in [4.78, 5) is 12.9. The second kappa shape index (κ2) is 8.11. The summed E-state index contributed by atoms with van der Waals surface area (Å²) < 4.78 is 7.34. The Bertz CT molecular complexity index is 752. The number of nitrogens with two attached hydrogens (primary N) is 1. The largest absolute Gasteiger partial charge is 0.390 e. The summed E-state index contributed by atoms with van der Waals surface area (Å²) in [6.45, 7) is 4.22. The average Bonchev–Trinajstić information content (AvgIpc) is 2.93. The summed E-state index contributed by atoms with van der Waals surface area (Å²) in [6, 6.07) is 7.16. The number of para-hydroxylation sites is 1. The number of ether oxygens (including phenoxy) is 1. The van der Waals surface area contributed by atoms with Gasteiger partial charge < -0.3 is 20.1 Å². The number of benzene rings is 1. The van der Waals surface area contributed by atoms with Crippen molar-refractivity contribution < 1.29 is 14.6 Å². The van der Waals surface area contributed by atoms with Gasteiger partial charge in [-0.1, -0.05) is 18.2 Å². The van der Waals surface area contributed by atoms with Gasteiger partial charge in [0.1, 0.15) is 0 Å². The molecule has 1 aliphatic rings. The number of morpholine rings is 1. The topological polar surface area (TPSA) is 105 Å². The summed E-state index contributed by atoms with van der Waals surface area (Å²) in [7, 11) is 0. The van der Waals surface area contributed by atoms with Crippen molar-refractivity contribution in [3.05, 3.63) is 36.0 Å². The number of hydrogen-bond acceptors (Lipinski definition) is 5. The number of carbonyl (C=O) groups is 1. The van der Waals surface area contributed by atoms with Gasteiger partial charge in [-0.15, -0.1) is 0 Å². The molecule has 25 heavy (non-hydrogen) atoms. The Balaban J connectivity index is 1.74. The highest BCUT2D eigenvalue weighted by Gasteiger charge is 2.16. The first-order chi connectivity index (χ1) is 12.1. The van der Waals surface area contributed by atoms with Crippen molar-refractivity contribution in [3.63, 3.8) is 0 Å². The van der Waals surface area contributed by atoms with Gasteiger partial charge in [0.2, 0.25) is 0 Å². The maximum atomic E-state index is 10.7. The maximum absolute atomic E-state index is 10.7. The molecule has 4 N–H and O–H groups in total. The molecule has 2 amide bonds. The van der Waals surface area contributed by atoms with Crippen molar-refractivity contribution in [2.75, 3.05) is 32.8 Å². The molecular weight excluding hydrogens is 322 g/mol. The van der Waals surface area contributed by atoms with E-state index in [4.69, 9.17) is 10.5 Å². The van der Waals surface area contributed by atoms with Crippen LogP contribution in [-0.2, 0) is 11.3 Å². The minimum atomic E-state index is -0.707. The number of primary amides is 1. The molecule has 1 fully saturated rings. The lowest BCUT2D eigenvalue weighted by Gasteiger charge is -2.28. The van der Waals surface area contributed by atoms with Crippen LogP contribution >= 0.6 is 0 Å². The Morgan fingerprint density at radius 2 is 2.12 bits per heavy atom. The number of β-amino-alcohol motifs (C(OH)–C–C–N with tert-alkyl or cyclic N) is 1. The Kier molecular flexibility index (Phi) is 5.64. The molecule has 2 aromatic rings. The van der Waals surface area contributed by atoms with Crippen LogP contribution in [0.25, 0.3) is 10.9 Å². The van der Waals surface area contributed by atoms with E-state index in [0.29, 0.717) is 26.3 Å². The third-order valence-electron chi connectivity index (χ3n) is 4.18. The quantitative estimate of drug-likeness (QED) is 0.518. The van der Waals surface area contributed by atoms with Crippen LogP contribution in [0.1, 0.15) is 5.56 Å². The first-order valence-electron chi connectivity index (χ1n) is 8.28. The fraction of sp³-hybridized carbons (Fsp3) is 0.412. The number of aromatic nitrogens is 1. The standard InChI is InChI=1S/C17H23N5O3/c18-17(24)20-19-9-13-10-22(16-4-2-1-3-15(13)16)12-14(23)11-21-5-7-25-8-6-21/h1-4,9-10,14,23H,5-8,11-12H2,(H3,18,20,24)/b19-9-. The number of nitrogens with one attached hydrogen (secondary N) is 1. The lowest BCUT2D eigenvalue weighted by molar-refractivity contribution is 0.0117. The summed E-state index contributed by atoms with van der Waals surface area (Å²) >= 11 is 0. The van der Waals surface area contributed by atoms with Crippen LogP contribution in [0.3, 0.4) is 0 Å². The molecule has 8 heteroatoms.